The van der Waals surface area contributed by atoms with Crippen molar-refractivity contribution in [3.8, 4) is 0 Å². The fourth-order valence-electron chi connectivity index (χ4n) is 2.72. The first-order chi connectivity index (χ1) is 5.76. The van der Waals surface area contributed by atoms with E-state index in [0.29, 0.717) is 5.92 Å². The van der Waals surface area contributed by atoms with Crippen molar-refractivity contribution in [1.29, 1.82) is 0 Å². The van der Waals surface area contributed by atoms with Gasteiger partial charge in [0.2, 0.25) is 5.91 Å². The number of primary amides is 1. The van der Waals surface area contributed by atoms with Crippen LogP contribution in [-0.2, 0) is 4.79 Å². The summed E-state index contributed by atoms with van der Waals surface area (Å²) < 4.78 is 0. The number of rotatable bonds is 1. The molecule has 0 aromatic heterocycles. The summed E-state index contributed by atoms with van der Waals surface area (Å²) in [5.74, 6) is 0.431. The van der Waals surface area contributed by atoms with Crippen molar-refractivity contribution in [3.05, 3.63) is 0 Å². The van der Waals surface area contributed by atoms with Crippen LogP contribution in [0.2, 0.25) is 0 Å². The van der Waals surface area contributed by atoms with E-state index in [-0.39, 0.29) is 11.3 Å². The molecule has 3 N–H and O–H groups in total. The third-order valence-corrected chi connectivity index (χ3v) is 3.53. The van der Waals surface area contributed by atoms with Gasteiger partial charge >= 0.3 is 0 Å². The first kappa shape index (κ1) is 8.05. The Hall–Kier alpha value is -0.570. The van der Waals surface area contributed by atoms with Crippen LogP contribution < -0.4 is 11.1 Å². The Bertz CT molecular complexity index is 205. The van der Waals surface area contributed by atoms with Gasteiger partial charge in [0.15, 0.2) is 0 Å². The van der Waals surface area contributed by atoms with Crippen LogP contribution in [-0.4, -0.2) is 19.0 Å². The van der Waals surface area contributed by atoms with Crippen molar-refractivity contribution in [2.75, 3.05) is 13.1 Å². The zero-order valence-corrected chi connectivity index (χ0v) is 7.31. The molecule has 0 radical (unpaired) electrons. The second-order valence-electron chi connectivity index (χ2n) is 4.09. The Morgan fingerprint density at radius 3 is 3.00 bits per heavy atom. The van der Waals surface area contributed by atoms with Gasteiger partial charge in [-0.15, -0.1) is 0 Å². The molecule has 1 amide bonds. The van der Waals surface area contributed by atoms with E-state index in [1.54, 1.807) is 0 Å². The van der Waals surface area contributed by atoms with Crippen molar-refractivity contribution in [2.45, 2.75) is 25.7 Å². The average molecular weight is 168 g/mol. The van der Waals surface area contributed by atoms with E-state index in [1.165, 1.54) is 19.3 Å². The molecule has 0 aromatic carbocycles. The minimum atomic E-state index is -0.182. The largest absolute Gasteiger partial charge is 0.369 e. The standard InChI is InChI=1S/C9H16N2O/c10-8(12)9-4-2-1-3-7(9)5-11-6-9/h7,11H,1-6H2,(H2,10,12)/t7-,9+/m0/s1. The molecular formula is C9H16N2O. The highest BCUT2D eigenvalue weighted by Gasteiger charge is 2.48. The predicted molar refractivity (Wildman–Crippen MR) is 46.5 cm³/mol. The second kappa shape index (κ2) is 2.73. The molecule has 2 aliphatic rings. The quantitative estimate of drug-likeness (QED) is 0.589. The van der Waals surface area contributed by atoms with Gasteiger partial charge in [0, 0.05) is 6.54 Å². The van der Waals surface area contributed by atoms with E-state index in [0.717, 1.165) is 19.5 Å². The maximum absolute atomic E-state index is 11.3. The minimum Gasteiger partial charge on any atom is -0.369 e. The molecule has 0 bridgehead atoms. The lowest BCUT2D eigenvalue weighted by Gasteiger charge is -2.35. The highest BCUT2D eigenvalue weighted by molar-refractivity contribution is 5.82. The lowest BCUT2D eigenvalue weighted by molar-refractivity contribution is -0.130. The van der Waals surface area contributed by atoms with Gasteiger partial charge < -0.3 is 11.1 Å². The molecule has 2 atom stereocenters. The number of hydrogen-bond acceptors (Lipinski definition) is 2. The molecule has 0 aromatic rings. The van der Waals surface area contributed by atoms with Crippen LogP contribution in [0.15, 0.2) is 0 Å². The summed E-state index contributed by atoms with van der Waals surface area (Å²) in [6.07, 6.45) is 4.61. The van der Waals surface area contributed by atoms with E-state index < -0.39 is 0 Å². The van der Waals surface area contributed by atoms with Gasteiger partial charge in [0.1, 0.15) is 0 Å². The van der Waals surface area contributed by atoms with Crippen LogP contribution >= 0.6 is 0 Å². The lowest BCUT2D eigenvalue weighted by Crippen LogP contribution is -2.45. The van der Waals surface area contributed by atoms with E-state index in [4.69, 9.17) is 5.73 Å². The van der Waals surface area contributed by atoms with Crippen molar-refractivity contribution in [3.63, 3.8) is 0 Å². The number of nitrogens with two attached hydrogens (primary N) is 1. The molecule has 1 saturated carbocycles. The highest BCUT2D eigenvalue weighted by atomic mass is 16.1. The summed E-state index contributed by atoms with van der Waals surface area (Å²) in [5.41, 5.74) is 5.28. The maximum Gasteiger partial charge on any atom is 0.225 e. The molecule has 1 aliphatic heterocycles. The predicted octanol–water partition coefficient (Wildman–Crippen LogP) is 0.251. The SMILES string of the molecule is NC(=O)[C@@]12CCCC[C@H]1CNC2. The Balaban J connectivity index is 2.23. The van der Waals surface area contributed by atoms with Crippen molar-refractivity contribution in [2.24, 2.45) is 17.1 Å². The monoisotopic (exact) mass is 168 g/mol. The molecule has 1 aliphatic carbocycles. The second-order valence-corrected chi connectivity index (χ2v) is 4.09. The van der Waals surface area contributed by atoms with E-state index in [1.807, 2.05) is 0 Å². The van der Waals surface area contributed by atoms with Crippen LogP contribution in [0.25, 0.3) is 0 Å². The van der Waals surface area contributed by atoms with Crippen LogP contribution in [0.3, 0.4) is 0 Å². The molecule has 3 nitrogen and oxygen atoms in total. The van der Waals surface area contributed by atoms with Gasteiger partial charge in [-0.25, -0.2) is 0 Å². The third kappa shape index (κ3) is 0.959. The number of carbonyl (C=O) groups is 1. The third-order valence-electron chi connectivity index (χ3n) is 3.53. The zero-order chi connectivity index (χ0) is 8.60. The minimum absolute atomic E-state index is 0.0859. The number of nitrogens with one attached hydrogen (secondary N) is 1. The smallest absolute Gasteiger partial charge is 0.225 e. The summed E-state index contributed by atoms with van der Waals surface area (Å²) in [7, 11) is 0. The molecule has 2 rings (SSSR count). The molecule has 1 heterocycles. The number of amides is 1. The van der Waals surface area contributed by atoms with E-state index in [9.17, 15) is 4.79 Å². The average Bonchev–Trinajstić information content (AvgIpc) is 2.48. The van der Waals surface area contributed by atoms with Gasteiger partial charge in [0.05, 0.1) is 5.41 Å². The molecule has 0 unspecified atom stereocenters. The number of fused-ring (bicyclic) bond motifs is 1. The molecule has 2 fully saturated rings. The van der Waals surface area contributed by atoms with Crippen molar-refractivity contribution in [1.82, 2.24) is 5.32 Å². The Kier molecular flexibility index (Phi) is 1.83. The molecule has 3 heteroatoms. The summed E-state index contributed by atoms with van der Waals surface area (Å²) in [6, 6.07) is 0. The fraction of sp³-hybridized carbons (Fsp3) is 0.889. The van der Waals surface area contributed by atoms with Gasteiger partial charge in [-0.3, -0.25) is 4.79 Å². The first-order valence-electron chi connectivity index (χ1n) is 4.76. The maximum atomic E-state index is 11.3. The topological polar surface area (TPSA) is 55.1 Å². The van der Waals surface area contributed by atoms with Crippen LogP contribution in [0.4, 0.5) is 0 Å². The number of carbonyl (C=O) groups excluding carboxylic acids is 1. The van der Waals surface area contributed by atoms with Gasteiger partial charge in [-0.1, -0.05) is 12.8 Å². The first-order valence-corrected chi connectivity index (χ1v) is 4.76. The molecule has 12 heavy (non-hydrogen) atoms. The van der Waals surface area contributed by atoms with Gasteiger partial charge in [-0.05, 0) is 25.3 Å². The Morgan fingerprint density at radius 2 is 2.33 bits per heavy atom. The fourth-order valence-corrected chi connectivity index (χ4v) is 2.72. The van der Waals surface area contributed by atoms with Gasteiger partial charge in [-0.2, -0.15) is 0 Å². The van der Waals surface area contributed by atoms with Crippen LogP contribution in [0.1, 0.15) is 25.7 Å². The highest BCUT2D eigenvalue weighted by Crippen LogP contribution is 2.43. The molecule has 0 spiro atoms. The summed E-state index contributed by atoms with van der Waals surface area (Å²) in [4.78, 5) is 11.3. The molecule has 68 valence electrons. The van der Waals surface area contributed by atoms with E-state index >= 15 is 0 Å². The van der Waals surface area contributed by atoms with Crippen molar-refractivity contribution >= 4 is 5.91 Å². The molecular weight excluding hydrogens is 152 g/mol. The van der Waals surface area contributed by atoms with Crippen LogP contribution in [0, 0.1) is 11.3 Å². The summed E-state index contributed by atoms with van der Waals surface area (Å²) >= 11 is 0. The zero-order valence-electron chi connectivity index (χ0n) is 7.31. The Labute approximate surface area is 72.7 Å². The molecule has 1 saturated heterocycles. The Morgan fingerprint density at radius 1 is 1.50 bits per heavy atom. The summed E-state index contributed by atoms with van der Waals surface area (Å²) in [5, 5.41) is 3.29. The number of hydrogen-bond donors (Lipinski definition) is 2. The van der Waals surface area contributed by atoms with Gasteiger partial charge in [0.25, 0.3) is 0 Å². The van der Waals surface area contributed by atoms with E-state index in [2.05, 4.69) is 5.32 Å². The summed E-state index contributed by atoms with van der Waals surface area (Å²) in [6.45, 7) is 1.80. The van der Waals surface area contributed by atoms with Crippen molar-refractivity contribution < 1.29 is 4.79 Å². The normalized spacial score (nSPS) is 40.8. The van der Waals surface area contributed by atoms with Crippen LogP contribution in [0.5, 0.6) is 0 Å². The lowest BCUT2D eigenvalue weighted by atomic mass is 9.68.